The van der Waals surface area contributed by atoms with Crippen LogP contribution in [-0.2, 0) is 6.54 Å². The standard InChI is InChI=1S/C19H12N4O5S2/c24-18(15-3-4-17(29-15)23(25)26)22(9-11-2-1-5-20-8-11)19-21-12-6-13-14(28-10-27-13)7-16(12)30-19/h1-8H,9-10H2. The van der Waals surface area contributed by atoms with Gasteiger partial charge in [0.25, 0.3) is 5.91 Å². The van der Waals surface area contributed by atoms with E-state index in [-0.39, 0.29) is 29.1 Å². The van der Waals surface area contributed by atoms with Crippen molar-refractivity contribution in [2.75, 3.05) is 11.7 Å². The average Bonchev–Trinajstić information content (AvgIpc) is 3.49. The molecule has 11 heteroatoms. The molecular formula is C19H12N4O5S2. The highest BCUT2D eigenvalue weighted by molar-refractivity contribution is 7.22. The molecule has 1 aliphatic heterocycles. The summed E-state index contributed by atoms with van der Waals surface area (Å²) in [5.74, 6) is 0.881. The van der Waals surface area contributed by atoms with Gasteiger partial charge in [-0.05, 0) is 17.7 Å². The molecule has 0 fully saturated rings. The Bertz CT molecular complexity index is 1230. The molecule has 0 N–H and O–H groups in total. The van der Waals surface area contributed by atoms with Crippen LogP contribution in [0.25, 0.3) is 10.2 Å². The summed E-state index contributed by atoms with van der Waals surface area (Å²) in [6.45, 7) is 0.396. The van der Waals surface area contributed by atoms with Crippen LogP contribution in [0.15, 0.2) is 48.8 Å². The van der Waals surface area contributed by atoms with Gasteiger partial charge in [-0.1, -0.05) is 28.7 Å². The molecule has 0 atom stereocenters. The number of amides is 1. The van der Waals surface area contributed by atoms with Crippen LogP contribution < -0.4 is 14.4 Å². The number of fused-ring (bicyclic) bond motifs is 2. The predicted molar refractivity (Wildman–Crippen MR) is 111 cm³/mol. The van der Waals surface area contributed by atoms with Crippen molar-refractivity contribution in [3.8, 4) is 11.5 Å². The van der Waals surface area contributed by atoms with Gasteiger partial charge < -0.3 is 9.47 Å². The molecule has 0 saturated heterocycles. The van der Waals surface area contributed by atoms with Crippen molar-refractivity contribution in [3.63, 3.8) is 0 Å². The van der Waals surface area contributed by atoms with E-state index in [1.807, 2.05) is 12.1 Å². The highest BCUT2D eigenvalue weighted by Gasteiger charge is 2.26. The van der Waals surface area contributed by atoms with E-state index in [4.69, 9.17) is 9.47 Å². The largest absolute Gasteiger partial charge is 0.454 e. The zero-order valence-corrected chi connectivity index (χ0v) is 16.8. The third-order valence-corrected chi connectivity index (χ3v) is 6.46. The summed E-state index contributed by atoms with van der Waals surface area (Å²) in [5.41, 5.74) is 1.49. The van der Waals surface area contributed by atoms with Crippen molar-refractivity contribution < 1.29 is 19.2 Å². The number of aromatic nitrogens is 2. The molecular weight excluding hydrogens is 428 g/mol. The molecule has 0 spiro atoms. The van der Waals surface area contributed by atoms with Crippen LogP contribution in [0.5, 0.6) is 11.5 Å². The fraction of sp³-hybridized carbons (Fsp3) is 0.105. The summed E-state index contributed by atoms with van der Waals surface area (Å²) in [7, 11) is 0. The Morgan fingerprint density at radius 3 is 2.77 bits per heavy atom. The van der Waals surface area contributed by atoms with Gasteiger partial charge in [0.05, 0.1) is 26.6 Å². The minimum absolute atomic E-state index is 0.0882. The minimum Gasteiger partial charge on any atom is -0.454 e. The number of benzene rings is 1. The van der Waals surface area contributed by atoms with Crippen LogP contribution >= 0.6 is 22.7 Å². The molecule has 4 heterocycles. The number of pyridine rings is 1. The molecule has 0 radical (unpaired) electrons. The molecule has 4 aromatic rings. The number of hydrogen-bond donors (Lipinski definition) is 0. The van der Waals surface area contributed by atoms with Gasteiger partial charge in [0, 0.05) is 30.6 Å². The molecule has 5 rings (SSSR count). The molecule has 9 nitrogen and oxygen atoms in total. The molecule has 1 amide bonds. The third-order valence-electron chi connectivity index (χ3n) is 4.39. The summed E-state index contributed by atoms with van der Waals surface area (Å²) >= 11 is 2.17. The smallest absolute Gasteiger partial charge is 0.324 e. The van der Waals surface area contributed by atoms with Gasteiger partial charge in [-0.25, -0.2) is 4.98 Å². The van der Waals surface area contributed by atoms with Gasteiger partial charge in [0.2, 0.25) is 6.79 Å². The number of nitrogens with zero attached hydrogens (tertiary/aromatic N) is 4. The van der Waals surface area contributed by atoms with Gasteiger partial charge in [0.1, 0.15) is 0 Å². The van der Waals surface area contributed by atoms with Crippen molar-refractivity contribution >= 4 is 48.9 Å². The van der Waals surface area contributed by atoms with Gasteiger partial charge >= 0.3 is 5.00 Å². The van der Waals surface area contributed by atoms with Crippen molar-refractivity contribution in [2.45, 2.75) is 6.54 Å². The number of rotatable bonds is 5. The number of hydrogen-bond acceptors (Lipinski definition) is 9. The maximum Gasteiger partial charge on any atom is 0.324 e. The summed E-state index contributed by atoms with van der Waals surface area (Å²) in [6, 6.07) is 10.0. The first-order valence-electron chi connectivity index (χ1n) is 8.73. The van der Waals surface area contributed by atoms with E-state index in [0.717, 1.165) is 21.6 Å². The highest BCUT2D eigenvalue weighted by Crippen LogP contribution is 2.40. The third kappa shape index (κ3) is 3.33. The SMILES string of the molecule is O=C(c1ccc([N+](=O)[O-])s1)N(Cc1cccnc1)c1nc2cc3c(cc2s1)OCO3. The fourth-order valence-corrected chi connectivity index (χ4v) is 4.74. The van der Waals surface area contributed by atoms with E-state index in [0.29, 0.717) is 22.1 Å². The first-order chi connectivity index (χ1) is 14.6. The zero-order valence-electron chi connectivity index (χ0n) is 15.2. The van der Waals surface area contributed by atoms with Gasteiger partial charge in [-0.2, -0.15) is 0 Å². The number of ether oxygens (including phenoxy) is 2. The lowest BCUT2D eigenvalue weighted by atomic mass is 10.2. The number of anilines is 1. The first kappa shape index (κ1) is 18.5. The number of thiophene rings is 1. The Labute approximate surface area is 177 Å². The maximum absolute atomic E-state index is 13.3. The first-order valence-corrected chi connectivity index (χ1v) is 10.4. The van der Waals surface area contributed by atoms with Crippen molar-refractivity contribution in [1.82, 2.24) is 9.97 Å². The molecule has 0 bridgehead atoms. The summed E-state index contributed by atoms with van der Waals surface area (Å²) in [4.78, 5) is 34.3. The zero-order chi connectivity index (χ0) is 20.7. The Balaban J connectivity index is 1.55. The summed E-state index contributed by atoms with van der Waals surface area (Å²) in [5, 5.41) is 11.4. The van der Waals surface area contributed by atoms with Crippen LogP contribution in [0.3, 0.4) is 0 Å². The molecule has 0 saturated carbocycles. The monoisotopic (exact) mass is 440 g/mol. The highest BCUT2D eigenvalue weighted by atomic mass is 32.1. The Morgan fingerprint density at radius 2 is 2.03 bits per heavy atom. The maximum atomic E-state index is 13.3. The number of nitro groups is 1. The summed E-state index contributed by atoms with van der Waals surface area (Å²) in [6.07, 6.45) is 3.32. The Hall–Kier alpha value is -3.57. The average molecular weight is 440 g/mol. The van der Waals surface area contributed by atoms with Gasteiger partial charge in [-0.3, -0.25) is 24.8 Å². The molecule has 1 aliphatic rings. The molecule has 150 valence electrons. The quantitative estimate of drug-likeness (QED) is 0.337. The van der Waals surface area contributed by atoms with E-state index in [2.05, 4.69) is 9.97 Å². The van der Waals surface area contributed by atoms with Crippen LogP contribution in [0, 0.1) is 10.1 Å². The fourth-order valence-electron chi connectivity index (χ4n) is 3.00. The molecule has 0 aliphatic carbocycles. The Morgan fingerprint density at radius 1 is 1.20 bits per heavy atom. The normalized spacial score (nSPS) is 12.3. The van der Waals surface area contributed by atoms with E-state index < -0.39 is 4.92 Å². The van der Waals surface area contributed by atoms with E-state index >= 15 is 0 Å². The Kier molecular flexibility index (Phi) is 4.52. The van der Waals surface area contributed by atoms with Crippen molar-refractivity contribution in [3.05, 3.63) is 69.3 Å². The number of carbonyl (C=O) groups is 1. The van der Waals surface area contributed by atoms with Crippen LogP contribution in [-0.4, -0.2) is 27.6 Å². The van der Waals surface area contributed by atoms with Crippen molar-refractivity contribution in [1.29, 1.82) is 0 Å². The molecule has 0 unspecified atom stereocenters. The number of thiazole rings is 1. The van der Waals surface area contributed by atoms with Crippen molar-refractivity contribution in [2.24, 2.45) is 0 Å². The topological polar surface area (TPSA) is 108 Å². The molecule has 30 heavy (non-hydrogen) atoms. The lowest BCUT2D eigenvalue weighted by Gasteiger charge is -2.19. The summed E-state index contributed by atoms with van der Waals surface area (Å²) < 4.78 is 11.7. The predicted octanol–water partition coefficient (Wildman–Crippen LogP) is 4.24. The molecule has 1 aromatic carbocycles. The lowest BCUT2D eigenvalue weighted by Crippen LogP contribution is -2.29. The van der Waals surface area contributed by atoms with E-state index in [1.165, 1.54) is 28.4 Å². The second-order valence-electron chi connectivity index (χ2n) is 6.32. The second-order valence-corrected chi connectivity index (χ2v) is 8.39. The lowest BCUT2D eigenvalue weighted by molar-refractivity contribution is -0.380. The van der Waals surface area contributed by atoms with Gasteiger partial charge in [-0.15, -0.1) is 0 Å². The number of carbonyl (C=O) groups excluding carboxylic acids is 1. The minimum atomic E-state index is -0.508. The van der Waals surface area contributed by atoms with Crippen LogP contribution in [0.1, 0.15) is 15.2 Å². The van der Waals surface area contributed by atoms with Crippen LogP contribution in [0.4, 0.5) is 10.1 Å². The second kappa shape index (κ2) is 7.35. The molecule has 3 aromatic heterocycles. The van der Waals surface area contributed by atoms with E-state index in [9.17, 15) is 14.9 Å². The van der Waals surface area contributed by atoms with Gasteiger partial charge in [0.15, 0.2) is 16.6 Å². The van der Waals surface area contributed by atoms with Crippen LogP contribution in [0.2, 0.25) is 0 Å². The van der Waals surface area contributed by atoms with E-state index in [1.54, 1.807) is 24.5 Å².